The standard InChI is InChI=1S/C24H31ClF2N2O2.C2H7N.CH2O/c1-14-9-18(23(4,5)6)11-22(28-14)29-15(2)16(3)31-24(7,8)30-13-17-10-19(25)21(27)12-20(17)26;1-3-2;1-2/h9-12,16H,2,13H2,1,3-8H3,(H,28,29);3H,1-2H3;1H2. The number of pyridine rings is 1. The molecule has 0 radical (unpaired) electrons. The van der Waals surface area contributed by atoms with Gasteiger partial charge in [0.25, 0.3) is 0 Å². The quantitative estimate of drug-likeness (QED) is 0.299. The Balaban J connectivity index is 0.00000227. The van der Waals surface area contributed by atoms with E-state index in [2.05, 4.69) is 49.0 Å². The molecule has 6 nitrogen and oxygen atoms in total. The van der Waals surface area contributed by atoms with Gasteiger partial charge in [-0.25, -0.2) is 13.8 Å². The van der Waals surface area contributed by atoms with Crippen molar-refractivity contribution in [3.8, 4) is 0 Å². The van der Waals surface area contributed by atoms with Gasteiger partial charge in [0, 0.05) is 23.0 Å². The van der Waals surface area contributed by atoms with Crippen molar-refractivity contribution in [3.63, 3.8) is 0 Å². The highest BCUT2D eigenvalue weighted by Gasteiger charge is 2.25. The number of anilines is 1. The zero-order valence-electron chi connectivity index (χ0n) is 22.8. The Morgan fingerprint density at radius 1 is 1.08 bits per heavy atom. The summed E-state index contributed by atoms with van der Waals surface area (Å²) >= 11 is 5.73. The van der Waals surface area contributed by atoms with Crippen LogP contribution in [0.15, 0.2) is 36.5 Å². The van der Waals surface area contributed by atoms with E-state index < -0.39 is 23.5 Å². The second-order valence-corrected chi connectivity index (χ2v) is 10.00. The van der Waals surface area contributed by atoms with Crippen molar-refractivity contribution >= 4 is 24.2 Å². The molecule has 0 spiro atoms. The fraction of sp³-hybridized carbons (Fsp3) is 0.481. The average molecular weight is 528 g/mol. The number of aromatic nitrogens is 1. The minimum Gasteiger partial charge on any atom is -0.346 e. The van der Waals surface area contributed by atoms with E-state index in [9.17, 15) is 8.78 Å². The summed E-state index contributed by atoms with van der Waals surface area (Å²) in [6.45, 7) is 19.6. The van der Waals surface area contributed by atoms with Crippen LogP contribution >= 0.6 is 11.6 Å². The third-order valence-corrected chi connectivity index (χ3v) is 5.01. The maximum Gasteiger partial charge on any atom is 0.164 e. The van der Waals surface area contributed by atoms with Crippen molar-refractivity contribution in [1.29, 1.82) is 0 Å². The van der Waals surface area contributed by atoms with Gasteiger partial charge in [-0.3, -0.25) is 0 Å². The smallest absolute Gasteiger partial charge is 0.164 e. The number of nitrogens with zero attached hydrogens (tertiary/aromatic N) is 1. The van der Waals surface area contributed by atoms with Crippen molar-refractivity contribution in [2.45, 2.75) is 72.4 Å². The van der Waals surface area contributed by atoms with E-state index in [1.807, 2.05) is 40.8 Å². The molecule has 1 unspecified atom stereocenters. The third-order valence-electron chi connectivity index (χ3n) is 4.72. The molecule has 0 amide bonds. The zero-order chi connectivity index (χ0) is 28.3. The van der Waals surface area contributed by atoms with Crippen LogP contribution in [0.2, 0.25) is 5.02 Å². The van der Waals surface area contributed by atoms with Gasteiger partial charge in [0.2, 0.25) is 0 Å². The van der Waals surface area contributed by atoms with Gasteiger partial charge in [0.1, 0.15) is 24.2 Å². The highest BCUT2D eigenvalue weighted by atomic mass is 35.5. The van der Waals surface area contributed by atoms with E-state index in [4.69, 9.17) is 25.9 Å². The van der Waals surface area contributed by atoms with Crippen LogP contribution in [0, 0.1) is 18.6 Å². The van der Waals surface area contributed by atoms with Crippen molar-refractivity contribution in [3.05, 3.63) is 70.0 Å². The van der Waals surface area contributed by atoms with Gasteiger partial charge in [-0.2, -0.15) is 0 Å². The fourth-order valence-corrected chi connectivity index (χ4v) is 3.07. The summed E-state index contributed by atoms with van der Waals surface area (Å²) in [5.74, 6) is -1.91. The lowest BCUT2D eigenvalue weighted by atomic mass is 9.87. The Labute approximate surface area is 219 Å². The number of nitrogens with one attached hydrogen (secondary N) is 2. The molecule has 0 saturated carbocycles. The second-order valence-electron chi connectivity index (χ2n) is 9.59. The molecular formula is C27H40ClF2N3O3. The van der Waals surface area contributed by atoms with Crippen LogP contribution in [0.1, 0.15) is 58.4 Å². The molecule has 2 N–H and O–H groups in total. The largest absolute Gasteiger partial charge is 0.346 e. The van der Waals surface area contributed by atoms with Crippen LogP contribution in [-0.4, -0.2) is 37.8 Å². The van der Waals surface area contributed by atoms with Crippen LogP contribution in [0.5, 0.6) is 0 Å². The molecular weight excluding hydrogens is 488 g/mol. The molecule has 1 atom stereocenters. The van der Waals surface area contributed by atoms with Gasteiger partial charge >= 0.3 is 0 Å². The molecule has 1 heterocycles. The number of rotatable bonds is 8. The first-order valence-electron chi connectivity index (χ1n) is 11.4. The molecule has 9 heteroatoms. The lowest BCUT2D eigenvalue weighted by Gasteiger charge is -2.30. The number of hydrogen-bond acceptors (Lipinski definition) is 6. The maximum atomic E-state index is 13.9. The topological polar surface area (TPSA) is 72.5 Å². The minimum absolute atomic E-state index is 0.0120. The summed E-state index contributed by atoms with van der Waals surface area (Å²) in [5, 5.41) is 5.80. The molecule has 1 aromatic heterocycles. The van der Waals surface area contributed by atoms with Crippen molar-refractivity contribution in [2.75, 3.05) is 19.4 Å². The Morgan fingerprint density at radius 2 is 1.64 bits per heavy atom. The summed E-state index contributed by atoms with van der Waals surface area (Å²) in [6, 6.07) is 6.01. The Hall–Kier alpha value is -2.39. The van der Waals surface area contributed by atoms with Gasteiger partial charge < -0.3 is 24.9 Å². The minimum atomic E-state index is -1.06. The number of hydrogen-bond donors (Lipinski definition) is 2. The predicted octanol–water partition coefficient (Wildman–Crippen LogP) is 6.55. The molecule has 0 bridgehead atoms. The number of carbonyl (C=O) groups excluding carboxylic acids is 1. The van der Waals surface area contributed by atoms with Gasteiger partial charge in [0.05, 0.1) is 17.7 Å². The van der Waals surface area contributed by atoms with Gasteiger partial charge in [0.15, 0.2) is 5.79 Å². The van der Waals surface area contributed by atoms with Gasteiger partial charge in [-0.1, -0.05) is 39.0 Å². The molecule has 2 aromatic rings. The van der Waals surface area contributed by atoms with Crippen molar-refractivity contribution in [1.82, 2.24) is 10.3 Å². The average Bonchev–Trinajstić information content (AvgIpc) is 2.76. The highest BCUT2D eigenvalue weighted by molar-refractivity contribution is 6.30. The monoisotopic (exact) mass is 527 g/mol. The number of aryl methyl sites for hydroxylation is 1. The fourth-order valence-electron chi connectivity index (χ4n) is 2.89. The molecule has 0 aliphatic heterocycles. The molecule has 0 aliphatic rings. The number of ether oxygens (including phenoxy) is 2. The lowest BCUT2D eigenvalue weighted by Crippen LogP contribution is -2.34. The van der Waals surface area contributed by atoms with E-state index in [-0.39, 0.29) is 22.6 Å². The maximum absolute atomic E-state index is 13.9. The third kappa shape index (κ3) is 11.6. The molecule has 0 fully saturated rings. The summed E-state index contributed by atoms with van der Waals surface area (Å²) in [7, 11) is 3.75. The summed E-state index contributed by atoms with van der Waals surface area (Å²) in [5.41, 5.74) is 2.80. The zero-order valence-corrected chi connectivity index (χ0v) is 23.6. The van der Waals surface area contributed by atoms with E-state index in [0.717, 1.165) is 17.3 Å². The van der Waals surface area contributed by atoms with Crippen LogP contribution in [-0.2, 0) is 26.3 Å². The van der Waals surface area contributed by atoms with E-state index >= 15 is 0 Å². The SMILES string of the molecule is C=C(Nc1cc(C(C)(C)C)cc(C)n1)C(C)OC(C)(C)OCc1cc(Cl)c(F)cc1F.C=O.CNC. The first-order valence-corrected chi connectivity index (χ1v) is 11.7. The number of halogens is 3. The van der Waals surface area contributed by atoms with E-state index in [1.165, 1.54) is 6.07 Å². The first-order chi connectivity index (χ1) is 16.6. The molecule has 1 aromatic carbocycles. The van der Waals surface area contributed by atoms with Crippen LogP contribution in [0.3, 0.4) is 0 Å². The summed E-state index contributed by atoms with van der Waals surface area (Å²) in [6.07, 6.45) is -0.433. The van der Waals surface area contributed by atoms with Gasteiger partial charge in [-0.05, 0) is 71.0 Å². The second kappa shape index (κ2) is 15.0. The molecule has 0 aliphatic carbocycles. The van der Waals surface area contributed by atoms with Crippen molar-refractivity contribution in [2.24, 2.45) is 0 Å². The lowest BCUT2D eigenvalue weighted by molar-refractivity contribution is -0.233. The Morgan fingerprint density at radius 3 is 2.17 bits per heavy atom. The molecule has 36 heavy (non-hydrogen) atoms. The number of carbonyl (C=O) groups is 1. The normalized spacial score (nSPS) is 12.0. The Bertz CT molecular complexity index is 995. The van der Waals surface area contributed by atoms with Crippen LogP contribution in [0.25, 0.3) is 0 Å². The molecule has 0 saturated heterocycles. The van der Waals surface area contributed by atoms with Crippen LogP contribution in [0.4, 0.5) is 14.6 Å². The molecule has 2 rings (SSSR count). The molecule has 202 valence electrons. The van der Waals surface area contributed by atoms with Crippen molar-refractivity contribution < 1.29 is 23.0 Å². The Kier molecular flexibility index (Phi) is 14.0. The van der Waals surface area contributed by atoms with E-state index in [0.29, 0.717) is 11.5 Å². The predicted molar refractivity (Wildman–Crippen MR) is 143 cm³/mol. The van der Waals surface area contributed by atoms with Gasteiger partial charge in [-0.15, -0.1) is 0 Å². The summed E-state index contributed by atoms with van der Waals surface area (Å²) in [4.78, 5) is 12.5. The van der Waals surface area contributed by atoms with E-state index in [1.54, 1.807) is 13.8 Å². The number of benzene rings is 1. The first kappa shape index (κ1) is 33.6. The van der Waals surface area contributed by atoms with Crippen LogP contribution < -0.4 is 10.6 Å². The summed E-state index contributed by atoms with van der Waals surface area (Å²) < 4.78 is 39.0. The highest BCUT2D eigenvalue weighted by Crippen LogP contribution is 2.27.